The molecule has 0 aromatic rings. The van der Waals surface area contributed by atoms with E-state index in [1.165, 1.54) is 25.7 Å². The third kappa shape index (κ3) is 3.01. The highest BCUT2D eigenvalue weighted by Gasteiger charge is 2.30. The second-order valence-corrected chi connectivity index (χ2v) is 5.68. The Labute approximate surface area is 105 Å². The van der Waals surface area contributed by atoms with Crippen molar-refractivity contribution in [3.63, 3.8) is 0 Å². The van der Waals surface area contributed by atoms with Crippen LogP contribution in [-0.4, -0.2) is 36.0 Å². The summed E-state index contributed by atoms with van der Waals surface area (Å²) in [6, 6.07) is 0.927. The molecule has 0 spiro atoms. The van der Waals surface area contributed by atoms with Crippen LogP contribution in [0.1, 0.15) is 52.4 Å². The van der Waals surface area contributed by atoms with Crippen molar-refractivity contribution in [3.8, 4) is 0 Å². The highest BCUT2D eigenvalue weighted by molar-refractivity contribution is 5.77. The van der Waals surface area contributed by atoms with E-state index in [4.69, 9.17) is 0 Å². The van der Waals surface area contributed by atoms with Gasteiger partial charge in [-0.3, -0.25) is 4.79 Å². The summed E-state index contributed by atoms with van der Waals surface area (Å²) in [6.45, 7) is 6.53. The average Bonchev–Trinajstić information content (AvgIpc) is 2.80. The molecule has 3 nitrogen and oxygen atoms in total. The van der Waals surface area contributed by atoms with Crippen molar-refractivity contribution < 1.29 is 4.79 Å². The van der Waals surface area contributed by atoms with Gasteiger partial charge in [-0.05, 0) is 44.6 Å². The summed E-state index contributed by atoms with van der Waals surface area (Å²) in [5.41, 5.74) is 0. The van der Waals surface area contributed by atoms with Crippen LogP contribution in [0.2, 0.25) is 0 Å². The molecular formula is C14H26N2O. The smallest absolute Gasteiger partial charge is 0.224 e. The maximum absolute atomic E-state index is 12.3. The summed E-state index contributed by atoms with van der Waals surface area (Å²) in [4.78, 5) is 14.4. The van der Waals surface area contributed by atoms with Crippen molar-refractivity contribution >= 4 is 5.91 Å². The lowest BCUT2D eigenvalue weighted by Gasteiger charge is -2.32. The van der Waals surface area contributed by atoms with Crippen LogP contribution in [0.5, 0.6) is 0 Å². The van der Waals surface area contributed by atoms with Crippen LogP contribution < -0.4 is 5.32 Å². The minimum Gasteiger partial charge on any atom is -0.340 e. The zero-order valence-electron chi connectivity index (χ0n) is 11.2. The Morgan fingerprint density at radius 2 is 2.18 bits per heavy atom. The molecule has 0 bridgehead atoms. The molecule has 2 fully saturated rings. The number of amides is 1. The van der Waals surface area contributed by atoms with E-state index in [2.05, 4.69) is 24.1 Å². The van der Waals surface area contributed by atoms with Crippen LogP contribution in [0.4, 0.5) is 0 Å². The minimum absolute atomic E-state index is 0.376. The van der Waals surface area contributed by atoms with E-state index in [1.54, 1.807) is 0 Å². The van der Waals surface area contributed by atoms with Gasteiger partial charge >= 0.3 is 0 Å². The van der Waals surface area contributed by atoms with E-state index in [9.17, 15) is 4.79 Å². The molecule has 0 radical (unpaired) electrons. The minimum atomic E-state index is 0.376. The predicted molar refractivity (Wildman–Crippen MR) is 69.8 cm³/mol. The fourth-order valence-electron chi connectivity index (χ4n) is 3.28. The van der Waals surface area contributed by atoms with Gasteiger partial charge in [0.1, 0.15) is 0 Å². The highest BCUT2D eigenvalue weighted by atomic mass is 16.2. The first-order valence-corrected chi connectivity index (χ1v) is 7.25. The fourth-order valence-corrected chi connectivity index (χ4v) is 3.28. The SMILES string of the molecule is CCC1CCCN1C(=O)CC1NCCCC1C. The lowest BCUT2D eigenvalue weighted by molar-refractivity contribution is -0.133. The molecule has 0 saturated carbocycles. The number of rotatable bonds is 3. The number of nitrogens with zero attached hydrogens (tertiary/aromatic N) is 1. The third-order valence-electron chi connectivity index (χ3n) is 4.49. The van der Waals surface area contributed by atoms with Gasteiger partial charge in [-0.25, -0.2) is 0 Å². The van der Waals surface area contributed by atoms with Gasteiger partial charge in [0.25, 0.3) is 0 Å². The van der Waals surface area contributed by atoms with Crippen molar-refractivity contribution in [2.75, 3.05) is 13.1 Å². The summed E-state index contributed by atoms with van der Waals surface area (Å²) in [5, 5.41) is 3.51. The molecule has 3 atom stereocenters. The molecule has 1 amide bonds. The van der Waals surface area contributed by atoms with Crippen LogP contribution in [0.15, 0.2) is 0 Å². The van der Waals surface area contributed by atoms with Crippen LogP contribution in [-0.2, 0) is 4.79 Å². The summed E-state index contributed by atoms with van der Waals surface area (Å²) in [6.07, 6.45) is 6.74. The summed E-state index contributed by atoms with van der Waals surface area (Å²) >= 11 is 0. The maximum atomic E-state index is 12.3. The topological polar surface area (TPSA) is 32.3 Å². The number of nitrogens with one attached hydrogen (secondary N) is 1. The Morgan fingerprint density at radius 3 is 2.88 bits per heavy atom. The number of hydrogen-bond donors (Lipinski definition) is 1. The molecule has 2 heterocycles. The molecule has 2 aliphatic heterocycles. The number of carbonyl (C=O) groups is 1. The Hall–Kier alpha value is -0.570. The molecule has 17 heavy (non-hydrogen) atoms. The monoisotopic (exact) mass is 238 g/mol. The van der Waals surface area contributed by atoms with E-state index >= 15 is 0 Å². The average molecular weight is 238 g/mol. The molecule has 2 rings (SSSR count). The van der Waals surface area contributed by atoms with E-state index in [0.717, 1.165) is 19.5 Å². The van der Waals surface area contributed by atoms with E-state index < -0.39 is 0 Å². The second-order valence-electron chi connectivity index (χ2n) is 5.68. The largest absolute Gasteiger partial charge is 0.340 e. The lowest BCUT2D eigenvalue weighted by atomic mass is 9.90. The van der Waals surface area contributed by atoms with Gasteiger partial charge in [0.05, 0.1) is 0 Å². The van der Waals surface area contributed by atoms with Crippen molar-refractivity contribution in [1.82, 2.24) is 10.2 Å². The Kier molecular flexibility index (Phi) is 4.43. The number of piperidine rings is 1. The van der Waals surface area contributed by atoms with Gasteiger partial charge in [0, 0.05) is 25.0 Å². The van der Waals surface area contributed by atoms with Crippen molar-refractivity contribution in [3.05, 3.63) is 0 Å². The van der Waals surface area contributed by atoms with Gasteiger partial charge in [-0.2, -0.15) is 0 Å². The Balaban J connectivity index is 1.87. The van der Waals surface area contributed by atoms with E-state index in [-0.39, 0.29) is 0 Å². The molecular weight excluding hydrogens is 212 g/mol. The zero-order valence-corrected chi connectivity index (χ0v) is 11.2. The first-order valence-electron chi connectivity index (χ1n) is 7.25. The van der Waals surface area contributed by atoms with Gasteiger partial charge in [0.15, 0.2) is 0 Å². The molecule has 0 aromatic heterocycles. The lowest BCUT2D eigenvalue weighted by Crippen LogP contribution is -2.45. The highest BCUT2D eigenvalue weighted by Crippen LogP contribution is 2.24. The molecule has 98 valence electrons. The zero-order chi connectivity index (χ0) is 12.3. The van der Waals surface area contributed by atoms with Crippen LogP contribution in [0.25, 0.3) is 0 Å². The first kappa shape index (κ1) is 12.9. The molecule has 3 unspecified atom stereocenters. The number of carbonyl (C=O) groups excluding carboxylic acids is 1. The van der Waals surface area contributed by atoms with Crippen molar-refractivity contribution in [1.29, 1.82) is 0 Å². The Bertz CT molecular complexity index is 267. The summed E-state index contributed by atoms with van der Waals surface area (Å²) < 4.78 is 0. The van der Waals surface area contributed by atoms with E-state index in [0.29, 0.717) is 30.3 Å². The van der Waals surface area contributed by atoms with Crippen LogP contribution >= 0.6 is 0 Å². The van der Waals surface area contributed by atoms with Crippen LogP contribution in [0, 0.1) is 5.92 Å². The molecule has 2 aliphatic rings. The predicted octanol–water partition coefficient (Wildman–Crippen LogP) is 2.17. The molecule has 3 heteroatoms. The van der Waals surface area contributed by atoms with Gasteiger partial charge in [-0.1, -0.05) is 13.8 Å². The fraction of sp³-hybridized carbons (Fsp3) is 0.929. The van der Waals surface area contributed by atoms with E-state index in [1.807, 2.05) is 0 Å². The molecule has 2 saturated heterocycles. The second kappa shape index (κ2) is 5.85. The van der Waals surface area contributed by atoms with Gasteiger partial charge in [0.2, 0.25) is 5.91 Å². The summed E-state index contributed by atoms with van der Waals surface area (Å²) in [5.74, 6) is 1.02. The van der Waals surface area contributed by atoms with Crippen LogP contribution in [0.3, 0.4) is 0 Å². The van der Waals surface area contributed by atoms with Crippen molar-refractivity contribution in [2.45, 2.75) is 64.5 Å². The Morgan fingerprint density at radius 1 is 1.35 bits per heavy atom. The normalized spacial score (nSPS) is 34.0. The maximum Gasteiger partial charge on any atom is 0.224 e. The molecule has 1 N–H and O–H groups in total. The molecule has 0 aliphatic carbocycles. The van der Waals surface area contributed by atoms with Gasteiger partial charge < -0.3 is 10.2 Å². The standard InChI is InChI=1S/C14H26N2O/c1-3-12-7-5-9-16(12)14(17)10-13-11(2)6-4-8-15-13/h11-13,15H,3-10H2,1-2H3. The first-order chi connectivity index (χ1) is 8.22. The third-order valence-corrected chi connectivity index (χ3v) is 4.49. The molecule has 0 aromatic carbocycles. The van der Waals surface area contributed by atoms with Crippen molar-refractivity contribution in [2.24, 2.45) is 5.92 Å². The summed E-state index contributed by atoms with van der Waals surface area (Å²) in [7, 11) is 0. The number of hydrogen-bond acceptors (Lipinski definition) is 2. The van der Waals surface area contributed by atoms with Gasteiger partial charge in [-0.15, -0.1) is 0 Å². The number of likely N-dealkylation sites (tertiary alicyclic amines) is 1. The quantitative estimate of drug-likeness (QED) is 0.817.